The summed E-state index contributed by atoms with van der Waals surface area (Å²) < 4.78 is 24.7. The summed E-state index contributed by atoms with van der Waals surface area (Å²) in [6.07, 6.45) is 12.1. The van der Waals surface area contributed by atoms with Gasteiger partial charge in [0, 0.05) is 29.3 Å². The zero-order chi connectivity index (χ0) is 27.7. The number of rotatable bonds is 15. The molecule has 0 aliphatic heterocycles. The van der Waals surface area contributed by atoms with Gasteiger partial charge in [0.2, 0.25) is 5.91 Å². The van der Waals surface area contributed by atoms with Gasteiger partial charge in [-0.3, -0.25) is 9.59 Å². The summed E-state index contributed by atoms with van der Waals surface area (Å²) in [4.78, 5) is 54.1. The maximum Gasteiger partial charge on any atom is 1.00 e. The molecule has 0 aliphatic rings. The molecule has 0 saturated carbocycles. The number of nitrogens with two attached hydrogens (primary N) is 1. The van der Waals surface area contributed by atoms with Crippen LogP contribution < -0.4 is 74.6 Å². The summed E-state index contributed by atoms with van der Waals surface area (Å²) >= 11 is 0. The number of ether oxygens (including phenoxy) is 2. The van der Waals surface area contributed by atoms with Crippen molar-refractivity contribution in [3.05, 3.63) is 0 Å². The summed E-state index contributed by atoms with van der Waals surface area (Å²) in [7, 11) is -5.29. The van der Waals surface area contributed by atoms with Crippen LogP contribution in [0.2, 0.25) is 0 Å². The van der Waals surface area contributed by atoms with Gasteiger partial charge in [0.15, 0.2) is 6.10 Å². The first kappa shape index (κ1) is 43.8. The number of hydrogen-bond donors (Lipinski definition) is 1. The van der Waals surface area contributed by atoms with Crippen LogP contribution in [0.15, 0.2) is 0 Å². The summed E-state index contributed by atoms with van der Waals surface area (Å²) in [6, 6.07) is 0. The number of hydrogen-bond acceptors (Lipinski definition) is 9. The Morgan fingerprint density at radius 1 is 0.921 bits per heavy atom. The van der Waals surface area contributed by atoms with E-state index in [0.29, 0.717) is 6.42 Å². The third kappa shape index (κ3) is 39.3. The normalized spacial score (nSPS) is 9.66. The molecule has 212 valence electrons. The fourth-order valence-corrected chi connectivity index (χ4v) is 2.70. The topological polar surface area (TPSA) is 168 Å². The van der Waals surface area contributed by atoms with E-state index in [0.717, 1.165) is 19.3 Å². The average molecular weight is 582 g/mol. The number of phosphoric acid groups is 1. The van der Waals surface area contributed by atoms with E-state index in [1.54, 1.807) is 0 Å². The second-order valence-corrected chi connectivity index (χ2v) is 8.34. The fourth-order valence-electron chi connectivity index (χ4n) is 2.36. The molecule has 0 radical (unpaired) electrons. The molecular weight excluding hydrogens is 535 g/mol. The van der Waals surface area contributed by atoms with E-state index in [1.165, 1.54) is 32.6 Å². The number of primary amides is 1. The molecule has 0 aromatic carbocycles. The van der Waals surface area contributed by atoms with Crippen LogP contribution in [-0.4, -0.2) is 37.2 Å². The van der Waals surface area contributed by atoms with Crippen LogP contribution >= 0.6 is 7.82 Å². The van der Waals surface area contributed by atoms with Crippen molar-refractivity contribution in [1.82, 2.24) is 0 Å². The molecule has 38 heavy (non-hydrogen) atoms. The molecule has 1 amide bonds. The van der Waals surface area contributed by atoms with Crippen molar-refractivity contribution in [3.8, 4) is 47.9 Å². The third-order valence-electron chi connectivity index (χ3n) is 3.84. The van der Waals surface area contributed by atoms with E-state index in [2.05, 4.69) is 46.8 Å². The zero-order valence-electron chi connectivity index (χ0n) is 22.6. The van der Waals surface area contributed by atoms with Crippen LogP contribution in [0.25, 0.3) is 0 Å². The Morgan fingerprint density at radius 2 is 1.42 bits per heavy atom. The molecule has 0 bridgehead atoms. The first-order chi connectivity index (χ1) is 17.0. The molecular formula is C25H46NNa2O9P. The summed E-state index contributed by atoms with van der Waals surface area (Å²) in [5.74, 6) is 13.4. The van der Waals surface area contributed by atoms with E-state index >= 15 is 0 Å². The minimum Gasteiger partial charge on any atom is -0.790 e. The summed E-state index contributed by atoms with van der Waals surface area (Å²) in [6.45, 7) is 2.15. The maximum atomic E-state index is 12.0. The van der Waals surface area contributed by atoms with Crippen LogP contribution in [0, 0.1) is 47.9 Å². The molecule has 0 heterocycles. The van der Waals surface area contributed by atoms with Gasteiger partial charge in [-0.1, -0.05) is 51.9 Å². The molecule has 1 atom stereocenters. The van der Waals surface area contributed by atoms with Gasteiger partial charge >= 0.3 is 71.1 Å². The van der Waals surface area contributed by atoms with Gasteiger partial charge in [-0.15, -0.1) is 6.42 Å². The predicted octanol–water partition coefficient (Wildman–Crippen LogP) is -3.32. The zero-order valence-corrected chi connectivity index (χ0v) is 27.5. The van der Waals surface area contributed by atoms with Gasteiger partial charge < -0.3 is 34.1 Å². The molecule has 0 aromatic heterocycles. The summed E-state index contributed by atoms with van der Waals surface area (Å²) in [5, 5.41) is 0. The van der Waals surface area contributed by atoms with Crippen molar-refractivity contribution in [2.45, 2.75) is 77.7 Å². The predicted molar refractivity (Wildman–Crippen MR) is 143 cm³/mol. The quantitative estimate of drug-likeness (QED) is 0.0520. The first-order valence-corrected chi connectivity index (χ1v) is 12.7. The van der Waals surface area contributed by atoms with Gasteiger partial charge in [-0.05, 0) is 41.9 Å². The smallest absolute Gasteiger partial charge is 0.790 e. The van der Waals surface area contributed by atoms with Crippen LogP contribution in [0.3, 0.4) is 0 Å². The van der Waals surface area contributed by atoms with Crippen molar-refractivity contribution >= 4 is 25.7 Å². The van der Waals surface area contributed by atoms with Crippen molar-refractivity contribution in [3.63, 3.8) is 0 Å². The Labute approximate surface area is 280 Å². The number of carbonyl (C=O) groups is 3. The SMILES string of the molecule is C#CC#CC#CC#CC(=O)OC[C@H](COP(=O)([O-])[O-])OC(=O)CCCCCCCCCC.CC(N)=O.[HH].[HH].[HH].[HH].[HH].[HH].[HH].[Na+].[Na+]. The number of unbranched alkanes of at least 4 members (excludes halogenated alkanes) is 7. The second kappa shape index (κ2) is 30.3. The number of esters is 2. The Morgan fingerprint density at radius 3 is 1.95 bits per heavy atom. The maximum absolute atomic E-state index is 12.0. The molecule has 0 aromatic rings. The van der Waals surface area contributed by atoms with Crippen LogP contribution in [0.1, 0.15) is 81.6 Å². The molecule has 2 N–H and O–H groups in total. The molecule has 0 saturated heterocycles. The standard InChI is InChI=1S/C23H29O8P.C2H5NO.2Na.7H2/c1-3-5-7-9-11-12-14-16-18-23(25)31-21(20-30-32(26,27)28)19-29-22(24)17-15-13-10-8-6-4-2;1-2(3)4;;;;;;;;;/h2,21H,3,5,7,9,11-12,14,16,18-20H2,1H3,(H2,26,27,28);1H3,(H2,3,4);;;7*1H/q;;2*+1;;;;;;;/p-2/t21-;;;;;;;;;;/m1........../s1. The number of carbonyl (C=O) groups excluding carboxylic acids is 3. The van der Waals surface area contributed by atoms with E-state index < -0.39 is 39.1 Å². The largest absolute Gasteiger partial charge is 1.00 e. The number of amides is 1. The average Bonchev–Trinajstić information content (AvgIpc) is 2.78. The monoisotopic (exact) mass is 581 g/mol. The van der Waals surface area contributed by atoms with Crippen molar-refractivity contribution in [2.24, 2.45) is 5.73 Å². The molecule has 0 spiro atoms. The van der Waals surface area contributed by atoms with Crippen LogP contribution in [0.5, 0.6) is 0 Å². The molecule has 13 heteroatoms. The second-order valence-electron chi connectivity index (χ2n) is 7.18. The molecule has 0 fully saturated rings. The Bertz CT molecular complexity index is 981. The first-order valence-electron chi connectivity index (χ1n) is 11.3. The number of terminal acetylenes is 1. The van der Waals surface area contributed by atoms with E-state index in [-0.39, 0.29) is 81.4 Å². The minimum absolute atomic E-state index is 0. The summed E-state index contributed by atoms with van der Waals surface area (Å²) in [5.41, 5.74) is 4.47. The molecule has 10 nitrogen and oxygen atoms in total. The van der Waals surface area contributed by atoms with E-state index in [4.69, 9.17) is 15.9 Å². The van der Waals surface area contributed by atoms with Crippen LogP contribution in [0.4, 0.5) is 0 Å². The minimum atomic E-state index is -5.29. The Kier molecular flexibility index (Phi) is 34.9. The van der Waals surface area contributed by atoms with Crippen molar-refractivity contribution in [1.29, 1.82) is 0 Å². The number of phosphoric ester groups is 1. The molecule has 0 aliphatic carbocycles. The fraction of sp³-hybridized carbons (Fsp3) is 0.560. The Hall–Kier alpha value is -1.24. The van der Waals surface area contributed by atoms with Gasteiger partial charge in [0.25, 0.3) is 0 Å². The Balaban J connectivity index is -0.0000000928. The third-order valence-corrected chi connectivity index (χ3v) is 4.30. The van der Waals surface area contributed by atoms with Crippen molar-refractivity contribution in [2.75, 3.05) is 13.2 Å². The van der Waals surface area contributed by atoms with Gasteiger partial charge in [-0.2, -0.15) is 0 Å². The van der Waals surface area contributed by atoms with Crippen molar-refractivity contribution < 1.29 is 112 Å². The van der Waals surface area contributed by atoms with Gasteiger partial charge in [0.1, 0.15) is 6.61 Å². The van der Waals surface area contributed by atoms with E-state index in [9.17, 15) is 28.7 Å². The molecule has 0 rings (SSSR count). The van der Waals surface area contributed by atoms with Gasteiger partial charge in [-0.25, -0.2) is 4.79 Å². The molecule has 0 unspecified atom stereocenters. The van der Waals surface area contributed by atoms with Crippen LogP contribution in [-0.2, 0) is 32.9 Å². The van der Waals surface area contributed by atoms with E-state index in [1.807, 2.05) is 11.8 Å². The van der Waals surface area contributed by atoms with Gasteiger partial charge in [0.05, 0.1) is 14.4 Å².